The van der Waals surface area contributed by atoms with Gasteiger partial charge in [0.1, 0.15) is 0 Å². The van der Waals surface area contributed by atoms with Crippen molar-refractivity contribution in [2.45, 2.75) is 88.4 Å². The van der Waals surface area contributed by atoms with E-state index >= 15 is 0 Å². The Morgan fingerprint density at radius 2 is 1.64 bits per heavy atom. The number of hydrogen-bond donors (Lipinski definition) is 5. The zero-order chi connectivity index (χ0) is 26.1. The van der Waals surface area contributed by atoms with E-state index in [1.807, 2.05) is 0 Å². The van der Waals surface area contributed by atoms with E-state index in [1.54, 1.807) is 0 Å². The van der Waals surface area contributed by atoms with Gasteiger partial charge in [-0.25, -0.2) is 9.59 Å². The van der Waals surface area contributed by atoms with Crippen LogP contribution in [0.1, 0.15) is 81.4 Å². The van der Waals surface area contributed by atoms with Crippen LogP contribution in [0.3, 0.4) is 0 Å². The van der Waals surface area contributed by atoms with Gasteiger partial charge in [-0.15, -0.1) is 0 Å². The summed E-state index contributed by atoms with van der Waals surface area (Å²) in [5, 5.41) is 38.9. The summed E-state index contributed by atoms with van der Waals surface area (Å²) in [4.78, 5) is 33.5. The highest BCUT2D eigenvalue weighted by molar-refractivity contribution is 6.27. The largest absolute Gasteiger partial charge is 0.473 e. The Hall–Kier alpha value is -2.49. The van der Waals surface area contributed by atoms with Gasteiger partial charge in [-0.05, 0) is 62.1 Å². The van der Waals surface area contributed by atoms with Crippen LogP contribution in [0.25, 0.3) is 0 Å². The molecule has 0 aromatic heterocycles. The van der Waals surface area contributed by atoms with Gasteiger partial charge in [0.25, 0.3) is 0 Å². The molecule has 3 atom stereocenters. The van der Waals surface area contributed by atoms with Crippen molar-refractivity contribution in [3.8, 4) is 0 Å². The lowest BCUT2D eigenvalue weighted by Gasteiger charge is -2.43. The lowest BCUT2D eigenvalue weighted by Crippen LogP contribution is -2.49. The van der Waals surface area contributed by atoms with Crippen LogP contribution in [0.2, 0.25) is 0 Å². The van der Waals surface area contributed by atoms with E-state index in [1.165, 1.54) is 43.2 Å². The fourth-order valence-electron chi connectivity index (χ4n) is 5.93. The molecule has 1 aromatic carbocycles. The fourth-order valence-corrected chi connectivity index (χ4v) is 5.93. The number of amides is 1. The molecule has 2 saturated carbocycles. The Morgan fingerprint density at radius 3 is 2.31 bits per heavy atom. The summed E-state index contributed by atoms with van der Waals surface area (Å²) >= 11 is 0. The molecule has 9 heteroatoms. The van der Waals surface area contributed by atoms with E-state index in [0.717, 1.165) is 25.8 Å². The van der Waals surface area contributed by atoms with Gasteiger partial charge in [0.2, 0.25) is 5.91 Å². The molecule has 0 saturated heterocycles. The molecule has 3 aliphatic rings. The second kappa shape index (κ2) is 13.2. The molecule has 1 amide bonds. The van der Waals surface area contributed by atoms with Gasteiger partial charge in [-0.2, -0.15) is 0 Å². The molecule has 0 bridgehead atoms. The third-order valence-electron chi connectivity index (χ3n) is 7.90. The van der Waals surface area contributed by atoms with Crippen molar-refractivity contribution in [2.24, 2.45) is 5.92 Å². The van der Waals surface area contributed by atoms with E-state index in [2.05, 4.69) is 34.5 Å². The van der Waals surface area contributed by atoms with Crippen LogP contribution in [-0.2, 0) is 20.8 Å². The number of carbonyl (C=O) groups excluding carboxylic acids is 1. The van der Waals surface area contributed by atoms with E-state index in [-0.39, 0.29) is 11.9 Å². The van der Waals surface area contributed by atoms with E-state index in [9.17, 15) is 15.0 Å². The number of nitrogens with one attached hydrogen (secondary N) is 1. The Kier molecular flexibility index (Phi) is 10.3. The number of aliphatic hydroxyl groups excluding tert-OH is 1. The normalized spacial score (nSPS) is 26.3. The van der Waals surface area contributed by atoms with E-state index in [0.29, 0.717) is 38.3 Å². The number of carboxylic acid groups (broad SMARTS) is 2. The van der Waals surface area contributed by atoms with Crippen molar-refractivity contribution in [2.75, 3.05) is 19.6 Å². The Morgan fingerprint density at radius 1 is 0.972 bits per heavy atom. The Labute approximate surface area is 212 Å². The number of carboxylic acids is 2. The molecule has 2 fully saturated rings. The predicted molar refractivity (Wildman–Crippen MR) is 133 cm³/mol. The van der Waals surface area contributed by atoms with Gasteiger partial charge in [-0.1, -0.05) is 56.4 Å². The first-order chi connectivity index (χ1) is 17.2. The zero-order valence-electron chi connectivity index (χ0n) is 20.9. The molecule has 200 valence electrons. The van der Waals surface area contributed by atoms with Gasteiger partial charge < -0.3 is 30.6 Å². The summed E-state index contributed by atoms with van der Waals surface area (Å²) < 4.78 is 0. The van der Waals surface area contributed by atoms with Crippen molar-refractivity contribution in [1.82, 2.24) is 10.2 Å². The first-order valence-electron chi connectivity index (χ1n) is 13.2. The van der Waals surface area contributed by atoms with Crippen LogP contribution in [-0.4, -0.2) is 74.5 Å². The molecular weight excluding hydrogens is 464 g/mol. The summed E-state index contributed by atoms with van der Waals surface area (Å²) in [6.07, 6.45) is 10.3. The maximum atomic E-state index is 13.2. The summed E-state index contributed by atoms with van der Waals surface area (Å²) in [7, 11) is 0. The van der Waals surface area contributed by atoms with Gasteiger partial charge in [0, 0.05) is 6.54 Å². The average Bonchev–Trinajstić information content (AvgIpc) is 2.88. The first-order valence-corrected chi connectivity index (χ1v) is 13.2. The van der Waals surface area contributed by atoms with Crippen LogP contribution in [0.15, 0.2) is 24.3 Å². The number of aliphatic hydroxyl groups is 2. The van der Waals surface area contributed by atoms with Crippen molar-refractivity contribution in [1.29, 1.82) is 0 Å². The summed E-state index contributed by atoms with van der Waals surface area (Å²) in [5.74, 6) is -2.93. The fraction of sp³-hybridized carbons (Fsp3) is 0.667. The van der Waals surface area contributed by atoms with Gasteiger partial charge in [-0.3, -0.25) is 4.79 Å². The van der Waals surface area contributed by atoms with Crippen molar-refractivity contribution >= 4 is 17.8 Å². The van der Waals surface area contributed by atoms with Crippen molar-refractivity contribution < 1.29 is 34.8 Å². The Balaban J connectivity index is 0.000000538. The van der Waals surface area contributed by atoms with Crippen molar-refractivity contribution in [3.63, 3.8) is 0 Å². The van der Waals surface area contributed by atoms with E-state index in [4.69, 9.17) is 19.8 Å². The first kappa shape index (κ1) is 28.1. The molecule has 3 unspecified atom stereocenters. The number of aliphatic carboxylic acids is 2. The summed E-state index contributed by atoms with van der Waals surface area (Å²) in [5.41, 5.74) is 1.76. The quantitative estimate of drug-likeness (QED) is 0.293. The topological polar surface area (TPSA) is 147 Å². The van der Waals surface area contributed by atoms with E-state index < -0.39 is 23.6 Å². The number of benzene rings is 1. The zero-order valence-corrected chi connectivity index (χ0v) is 20.9. The van der Waals surface area contributed by atoms with Crippen LogP contribution in [0.5, 0.6) is 0 Å². The minimum atomic E-state index is -1.82. The SMILES string of the molecule is O=C(CNCCC1(O)CCCCC1O)N1CCc2ccccc2C1C1CCCCC1.O=C(O)C(=O)O. The molecule has 5 N–H and O–H groups in total. The standard InChI is InChI=1S/C25H38N2O3.C2H2O4/c28-22-12-6-7-14-25(22,30)15-16-26-18-23(29)27-17-13-19-8-4-5-11-21(19)24(27)20-9-2-1-3-10-20;3-1(4)2(5)6/h4-5,8,11,20,22,24,26,28,30H,1-3,6-7,9-10,12-18H2;(H,3,4)(H,5,6). The smallest absolute Gasteiger partial charge is 0.414 e. The second-order valence-electron chi connectivity index (χ2n) is 10.3. The third-order valence-corrected chi connectivity index (χ3v) is 7.90. The number of fused-ring (bicyclic) bond motifs is 1. The molecule has 2 aliphatic carbocycles. The van der Waals surface area contributed by atoms with Crippen LogP contribution < -0.4 is 5.32 Å². The van der Waals surface area contributed by atoms with Gasteiger partial charge >= 0.3 is 11.9 Å². The minimum Gasteiger partial charge on any atom is -0.473 e. The van der Waals surface area contributed by atoms with Gasteiger partial charge in [0.15, 0.2) is 0 Å². The van der Waals surface area contributed by atoms with Crippen LogP contribution >= 0.6 is 0 Å². The molecule has 1 heterocycles. The molecule has 1 aromatic rings. The third kappa shape index (κ3) is 7.27. The average molecular weight is 505 g/mol. The number of hydrogen-bond acceptors (Lipinski definition) is 6. The molecule has 0 spiro atoms. The number of carbonyl (C=O) groups is 3. The second-order valence-corrected chi connectivity index (χ2v) is 10.3. The maximum Gasteiger partial charge on any atom is 0.414 e. The van der Waals surface area contributed by atoms with Gasteiger partial charge in [0.05, 0.1) is 24.3 Å². The highest BCUT2D eigenvalue weighted by atomic mass is 16.4. The highest BCUT2D eigenvalue weighted by Gasteiger charge is 2.38. The van der Waals surface area contributed by atoms with Crippen LogP contribution in [0.4, 0.5) is 0 Å². The molecule has 1 aliphatic heterocycles. The number of nitrogens with zero attached hydrogens (tertiary/aromatic N) is 1. The highest BCUT2D eigenvalue weighted by Crippen LogP contribution is 2.42. The minimum absolute atomic E-state index is 0.163. The lowest BCUT2D eigenvalue weighted by atomic mass is 9.77. The predicted octanol–water partition coefficient (Wildman–Crippen LogP) is 2.49. The monoisotopic (exact) mass is 504 g/mol. The summed E-state index contributed by atoms with van der Waals surface area (Å²) in [6.45, 7) is 1.65. The molecule has 4 rings (SSSR count). The lowest BCUT2D eigenvalue weighted by molar-refractivity contribution is -0.159. The number of rotatable bonds is 6. The molecule has 36 heavy (non-hydrogen) atoms. The molecular formula is C27H40N2O7. The summed E-state index contributed by atoms with van der Waals surface area (Å²) in [6, 6.07) is 8.87. The molecule has 9 nitrogen and oxygen atoms in total. The Bertz CT molecular complexity index is 890. The molecule has 0 radical (unpaired) electrons. The van der Waals surface area contributed by atoms with Crippen molar-refractivity contribution in [3.05, 3.63) is 35.4 Å². The maximum absolute atomic E-state index is 13.2. The van der Waals surface area contributed by atoms with Crippen LogP contribution in [0, 0.1) is 5.92 Å².